The van der Waals surface area contributed by atoms with Gasteiger partial charge in [0.2, 0.25) is 0 Å². The number of hydrogen-bond acceptors (Lipinski definition) is 3. The highest BCUT2D eigenvalue weighted by molar-refractivity contribution is 7.86. The maximum atomic E-state index is 12.8. The number of hydrogen-bond donors (Lipinski definition) is 1. The van der Waals surface area contributed by atoms with Gasteiger partial charge in [0, 0.05) is 31.7 Å². The fraction of sp³-hybridized carbons (Fsp3) is 1.00. The standard InChI is InChI=1S/C13H29N3O2S/c1-5-10-16(13(11-14)8-6-7-9-13)19(17,18)15(4)12(2)3/h12H,5-11,14H2,1-4H3. The van der Waals surface area contributed by atoms with E-state index in [1.54, 1.807) is 11.4 Å². The quantitative estimate of drug-likeness (QED) is 0.774. The monoisotopic (exact) mass is 291 g/mol. The van der Waals surface area contributed by atoms with E-state index in [0.29, 0.717) is 13.1 Å². The van der Waals surface area contributed by atoms with Crippen LogP contribution >= 0.6 is 0 Å². The SMILES string of the molecule is CCCN(C1(CN)CCCC1)S(=O)(=O)N(C)C(C)C. The smallest absolute Gasteiger partial charge is 0.282 e. The topological polar surface area (TPSA) is 66.6 Å². The molecule has 0 aromatic heterocycles. The summed E-state index contributed by atoms with van der Waals surface area (Å²) in [6.45, 7) is 6.77. The molecule has 1 rings (SSSR count). The highest BCUT2D eigenvalue weighted by Gasteiger charge is 2.45. The molecule has 2 N–H and O–H groups in total. The van der Waals surface area contributed by atoms with E-state index in [9.17, 15) is 8.42 Å². The van der Waals surface area contributed by atoms with E-state index in [4.69, 9.17) is 5.73 Å². The third-order valence-corrected chi connectivity index (χ3v) is 6.52. The zero-order chi connectivity index (χ0) is 14.7. The predicted octanol–water partition coefficient (Wildman–Crippen LogP) is 1.55. The van der Waals surface area contributed by atoms with E-state index in [1.165, 1.54) is 4.31 Å². The normalized spacial score (nSPS) is 19.8. The molecular weight excluding hydrogens is 262 g/mol. The van der Waals surface area contributed by atoms with Crippen molar-refractivity contribution in [3.63, 3.8) is 0 Å². The van der Waals surface area contributed by atoms with Crippen LogP contribution in [0.15, 0.2) is 0 Å². The first-order valence-electron chi connectivity index (χ1n) is 7.27. The Labute approximate surface area is 118 Å². The number of nitrogens with two attached hydrogens (primary N) is 1. The molecule has 19 heavy (non-hydrogen) atoms. The van der Waals surface area contributed by atoms with Gasteiger partial charge in [-0.25, -0.2) is 0 Å². The zero-order valence-electron chi connectivity index (χ0n) is 12.7. The summed E-state index contributed by atoms with van der Waals surface area (Å²) in [5, 5.41) is 0. The van der Waals surface area contributed by atoms with Gasteiger partial charge in [-0.15, -0.1) is 0 Å². The van der Waals surface area contributed by atoms with Crippen LogP contribution in [-0.2, 0) is 10.2 Å². The fourth-order valence-corrected chi connectivity index (χ4v) is 4.81. The molecule has 0 radical (unpaired) electrons. The first-order valence-corrected chi connectivity index (χ1v) is 8.67. The Morgan fingerprint density at radius 3 is 2.16 bits per heavy atom. The highest BCUT2D eigenvalue weighted by Crippen LogP contribution is 2.37. The van der Waals surface area contributed by atoms with Gasteiger partial charge in [0.05, 0.1) is 0 Å². The second-order valence-electron chi connectivity index (χ2n) is 5.83. The third-order valence-electron chi connectivity index (χ3n) is 4.24. The summed E-state index contributed by atoms with van der Waals surface area (Å²) in [5.41, 5.74) is 5.59. The van der Waals surface area contributed by atoms with Gasteiger partial charge < -0.3 is 5.73 Å². The molecule has 0 spiro atoms. The van der Waals surface area contributed by atoms with Gasteiger partial charge in [-0.1, -0.05) is 19.8 Å². The average Bonchev–Trinajstić information content (AvgIpc) is 2.84. The van der Waals surface area contributed by atoms with E-state index in [0.717, 1.165) is 32.1 Å². The Morgan fingerprint density at radius 2 is 1.79 bits per heavy atom. The molecule has 1 saturated carbocycles. The Hall–Kier alpha value is -0.170. The first-order chi connectivity index (χ1) is 8.81. The van der Waals surface area contributed by atoms with Crippen molar-refractivity contribution in [2.45, 2.75) is 64.5 Å². The predicted molar refractivity (Wildman–Crippen MR) is 79.1 cm³/mol. The minimum absolute atomic E-state index is 0.0411. The van der Waals surface area contributed by atoms with Gasteiger partial charge in [-0.05, 0) is 33.1 Å². The second-order valence-corrected chi connectivity index (χ2v) is 7.74. The van der Waals surface area contributed by atoms with E-state index >= 15 is 0 Å². The van der Waals surface area contributed by atoms with Crippen molar-refractivity contribution in [1.29, 1.82) is 0 Å². The molecule has 0 atom stereocenters. The van der Waals surface area contributed by atoms with Crippen LogP contribution in [0.4, 0.5) is 0 Å². The maximum Gasteiger partial charge on any atom is 0.282 e. The van der Waals surface area contributed by atoms with Crippen molar-refractivity contribution < 1.29 is 8.42 Å². The number of rotatable bonds is 7. The molecule has 1 aliphatic rings. The van der Waals surface area contributed by atoms with E-state index < -0.39 is 10.2 Å². The molecule has 114 valence electrons. The van der Waals surface area contributed by atoms with Crippen LogP contribution in [0, 0.1) is 0 Å². The lowest BCUT2D eigenvalue weighted by Gasteiger charge is -2.42. The van der Waals surface area contributed by atoms with Crippen LogP contribution in [0.1, 0.15) is 52.9 Å². The molecule has 1 fully saturated rings. The van der Waals surface area contributed by atoms with E-state index in [-0.39, 0.29) is 11.6 Å². The van der Waals surface area contributed by atoms with Gasteiger partial charge in [0.25, 0.3) is 10.2 Å². The van der Waals surface area contributed by atoms with Gasteiger partial charge in [0.15, 0.2) is 0 Å². The second kappa shape index (κ2) is 6.52. The molecule has 0 saturated heterocycles. The highest BCUT2D eigenvalue weighted by atomic mass is 32.2. The minimum atomic E-state index is -3.43. The molecular formula is C13H29N3O2S. The maximum absolute atomic E-state index is 12.8. The van der Waals surface area contributed by atoms with Crippen LogP contribution in [0.3, 0.4) is 0 Å². The summed E-state index contributed by atoms with van der Waals surface area (Å²) in [7, 11) is -1.78. The molecule has 5 nitrogen and oxygen atoms in total. The summed E-state index contributed by atoms with van der Waals surface area (Å²) in [6.07, 6.45) is 4.72. The fourth-order valence-electron chi connectivity index (χ4n) is 2.81. The summed E-state index contributed by atoms with van der Waals surface area (Å²) >= 11 is 0. The van der Waals surface area contributed by atoms with Crippen LogP contribution in [0.5, 0.6) is 0 Å². The average molecular weight is 291 g/mol. The van der Waals surface area contributed by atoms with Crippen LogP contribution < -0.4 is 5.73 Å². The van der Waals surface area contributed by atoms with Crippen molar-refractivity contribution in [1.82, 2.24) is 8.61 Å². The minimum Gasteiger partial charge on any atom is -0.329 e. The van der Waals surface area contributed by atoms with Crippen LogP contribution in [-0.4, -0.2) is 48.7 Å². The van der Waals surface area contributed by atoms with Crippen molar-refractivity contribution in [3.8, 4) is 0 Å². The Bertz CT molecular complexity index is 375. The van der Waals surface area contributed by atoms with E-state index in [1.807, 2.05) is 20.8 Å². The van der Waals surface area contributed by atoms with Gasteiger partial charge in [-0.2, -0.15) is 17.0 Å². The molecule has 0 bridgehead atoms. The molecule has 6 heteroatoms. The van der Waals surface area contributed by atoms with Crippen molar-refractivity contribution in [3.05, 3.63) is 0 Å². The Kier molecular flexibility index (Phi) is 5.79. The zero-order valence-corrected chi connectivity index (χ0v) is 13.5. The summed E-state index contributed by atoms with van der Waals surface area (Å²) < 4.78 is 28.7. The summed E-state index contributed by atoms with van der Waals surface area (Å²) in [6, 6.07) is -0.0411. The molecule has 0 aliphatic heterocycles. The van der Waals surface area contributed by atoms with Gasteiger partial charge in [-0.3, -0.25) is 0 Å². The van der Waals surface area contributed by atoms with Gasteiger partial charge >= 0.3 is 0 Å². The van der Waals surface area contributed by atoms with Crippen LogP contribution in [0.25, 0.3) is 0 Å². The van der Waals surface area contributed by atoms with Crippen molar-refractivity contribution in [2.24, 2.45) is 5.73 Å². The Balaban J connectivity index is 3.12. The lowest BCUT2D eigenvalue weighted by atomic mass is 9.98. The van der Waals surface area contributed by atoms with Crippen molar-refractivity contribution >= 4 is 10.2 Å². The summed E-state index contributed by atoms with van der Waals surface area (Å²) in [5.74, 6) is 0. The summed E-state index contributed by atoms with van der Waals surface area (Å²) in [4.78, 5) is 0. The van der Waals surface area contributed by atoms with Crippen LogP contribution in [0.2, 0.25) is 0 Å². The third kappa shape index (κ3) is 3.29. The molecule has 0 unspecified atom stereocenters. The van der Waals surface area contributed by atoms with E-state index in [2.05, 4.69) is 0 Å². The molecule has 0 aromatic carbocycles. The number of nitrogens with zero attached hydrogens (tertiary/aromatic N) is 2. The van der Waals surface area contributed by atoms with Crippen molar-refractivity contribution in [2.75, 3.05) is 20.1 Å². The largest absolute Gasteiger partial charge is 0.329 e. The lowest BCUT2D eigenvalue weighted by Crippen LogP contribution is -2.58. The molecule has 0 heterocycles. The Morgan fingerprint density at radius 1 is 1.26 bits per heavy atom. The lowest BCUT2D eigenvalue weighted by molar-refractivity contribution is 0.182. The van der Waals surface area contributed by atoms with Gasteiger partial charge in [0.1, 0.15) is 0 Å². The molecule has 1 aliphatic carbocycles. The molecule has 0 aromatic rings. The molecule has 0 amide bonds. The first kappa shape index (κ1) is 16.9.